The van der Waals surface area contributed by atoms with E-state index in [0.717, 1.165) is 11.1 Å². The molecule has 0 bridgehead atoms. The van der Waals surface area contributed by atoms with E-state index in [9.17, 15) is 24.6 Å². The van der Waals surface area contributed by atoms with E-state index < -0.39 is 34.5 Å². The number of rotatable bonds is 2. The molecule has 2 aromatic rings. The normalized spacial score (nSPS) is 34.6. The van der Waals surface area contributed by atoms with Gasteiger partial charge in [-0.15, -0.1) is 0 Å². The molecule has 0 unspecified atom stereocenters. The van der Waals surface area contributed by atoms with E-state index in [0.29, 0.717) is 45.7 Å². The molecule has 0 radical (unpaired) electrons. The van der Waals surface area contributed by atoms with Crippen LogP contribution in [0, 0.1) is 25.2 Å². The number of aromatic hydroxyl groups is 1. The average molecular weight is 560 g/mol. The molecule has 0 saturated carbocycles. The minimum atomic E-state index is -2.01. The van der Waals surface area contributed by atoms with E-state index in [1.54, 1.807) is 46.8 Å². The van der Waals surface area contributed by atoms with Gasteiger partial charge >= 0.3 is 6.09 Å². The predicted octanol–water partition coefficient (Wildman–Crippen LogP) is 3.98. The number of hydrogen-bond donors (Lipinski definition) is 2. The summed E-state index contributed by atoms with van der Waals surface area (Å²) in [6, 6.07) is 7.25. The zero-order chi connectivity index (χ0) is 29.4. The van der Waals surface area contributed by atoms with Gasteiger partial charge in [0, 0.05) is 24.5 Å². The highest BCUT2D eigenvalue weighted by atomic mass is 16.7. The van der Waals surface area contributed by atoms with Crippen molar-refractivity contribution in [2.24, 2.45) is 11.3 Å². The number of nitrogens with zero attached hydrogens (tertiary/aromatic N) is 1. The number of aliphatic hydroxyl groups is 1. The Kier molecular flexibility index (Phi) is 4.97. The maximum atomic E-state index is 14.5. The summed E-state index contributed by atoms with van der Waals surface area (Å²) in [4.78, 5) is 41.7. The Labute approximate surface area is 237 Å². The van der Waals surface area contributed by atoms with Crippen LogP contribution in [0.25, 0.3) is 0 Å². The van der Waals surface area contributed by atoms with Crippen LogP contribution in [0.5, 0.6) is 11.5 Å². The van der Waals surface area contributed by atoms with Gasteiger partial charge in [0.25, 0.3) is 0 Å². The molecule has 1 saturated heterocycles. The summed E-state index contributed by atoms with van der Waals surface area (Å²) in [6.45, 7) is 10.1. The summed E-state index contributed by atoms with van der Waals surface area (Å²) in [6.07, 6.45) is -0.118. The molecule has 9 nitrogen and oxygen atoms in total. The molecule has 7 rings (SSSR count). The molecule has 0 aromatic heterocycles. The number of carbonyl (C=O) groups is 3. The fraction of sp³-hybridized carbons (Fsp3) is 0.469. The first-order chi connectivity index (χ1) is 19.2. The first-order valence-electron chi connectivity index (χ1n) is 14.0. The Balaban J connectivity index is 1.47. The van der Waals surface area contributed by atoms with Crippen LogP contribution in [0.15, 0.2) is 35.4 Å². The van der Waals surface area contributed by atoms with Crippen LogP contribution in [-0.4, -0.2) is 51.6 Å². The smallest absolute Gasteiger partial charge is 0.417 e. The molecule has 9 heteroatoms. The largest absolute Gasteiger partial charge is 0.507 e. The van der Waals surface area contributed by atoms with Gasteiger partial charge in [-0.25, -0.2) is 9.69 Å². The van der Waals surface area contributed by atoms with E-state index in [4.69, 9.17) is 14.2 Å². The van der Waals surface area contributed by atoms with E-state index >= 15 is 0 Å². The lowest BCUT2D eigenvalue weighted by Gasteiger charge is -2.60. The van der Waals surface area contributed by atoms with Crippen molar-refractivity contribution in [3.05, 3.63) is 63.2 Å². The van der Waals surface area contributed by atoms with Gasteiger partial charge in [0.1, 0.15) is 17.3 Å². The number of phenols is 1. The summed E-state index contributed by atoms with van der Waals surface area (Å²) in [5.74, 6) is -1.80. The standard InChI is InChI=1S/C32H33NO8/c1-15(34)11-19-16(2)25(35)17(3)26-20(19)12-22-24-21(14-39-31(22,6)40-26)27(36)29(4)13-18-9-7-8-10-23(18)33-28(37)41-30(24,5)32(29,33)38/h7-10,22,35,38H,11-14H2,1-6H3/t22-,29+,30-,31-,32-/m1/s1. The van der Waals surface area contributed by atoms with Gasteiger partial charge in [0.2, 0.25) is 11.5 Å². The number of carbonyl (C=O) groups excluding carboxylic acids is 3. The first kappa shape index (κ1) is 26.2. The Morgan fingerprint density at radius 1 is 1.10 bits per heavy atom. The molecule has 5 atom stereocenters. The summed E-state index contributed by atoms with van der Waals surface area (Å²) in [5.41, 5.74) is -0.337. The Morgan fingerprint density at radius 3 is 2.51 bits per heavy atom. The lowest BCUT2D eigenvalue weighted by Crippen LogP contribution is -2.76. The molecule has 1 fully saturated rings. The van der Waals surface area contributed by atoms with Crippen LogP contribution in [-0.2, 0) is 38.3 Å². The number of anilines is 1. The third kappa shape index (κ3) is 2.86. The fourth-order valence-corrected chi connectivity index (χ4v) is 8.31. The van der Waals surface area contributed by atoms with Crippen molar-refractivity contribution < 1.29 is 38.8 Å². The van der Waals surface area contributed by atoms with Gasteiger partial charge in [-0.1, -0.05) is 18.2 Å². The number of benzene rings is 2. The zero-order valence-corrected chi connectivity index (χ0v) is 24.0. The molecule has 2 N–H and O–H groups in total. The zero-order valence-electron chi connectivity index (χ0n) is 24.0. The summed E-state index contributed by atoms with van der Waals surface area (Å²) < 4.78 is 19.1. The number of hydrogen-bond acceptors (Lipinski definition) is 8. The molecule has 4 heterocycles. The van der Waals surface area contributed by atoms with E-state index in [1.807, 2.05) is 12.1 Å². The first-order valence-corrected chi connectivity index (χ1v) is 14.0. The minimum Gasteiger partial charge on any atom is -0.507 e. The molecule has 0 spiro atoms. The van der Waals surface area contributed by atoms with Crippen molar-refractivity contribution in [1.82, 2.24) is 0 Å². The lowest BCUT2D eigenvalue weighted by molar-refractivity contribution is -0.229. The number of para-hydroxylation sites is 1. The maximum Gasteiger partial charge on any atom is 0.417 e. The fourth-order valence-electron chi connectivity index (χ4n) is 8.31. The summed E-state index contributed by atoms with van der Waals surface area (Å²) >= 11 is 0. The second kappa shape index (κ2) is 7.77. The highest BCUT2D eigenvalue weighted by Crippen LogP contribution is 2.65. The second-order valence-electron chi connectivity index (χ2n) is 12.7. The van der Waals surface area contributed by atoms with Crippen molar-refractivity contribution in [3.8, 4) is 11.5 Å². The van der Waals surface area contributed by atoms with Crippen LogP contribution in [0.4, 0.5) is 10.5 Å². The summed E-state index contributed by atoms with van der Waals surface area (Å²) in [5, 5.41) is 23.7. The number of ether oxygens (including phenoxy) is 3. The molecule has 4 aliphatic heterocycles. The highest BCUT2D eigenvalue weighted by Gasteiger charge is 2.80. The van der Waals surface area contributed by atoms with Gasteiger partial charge in [0.05, 0.1) is 23.6 Å². The molecule has 1 aliphatic carbocycles. The van der Waals surface area contributed by atoms with Crippen molar-refractivity contribution in [2.75, 3.05) is 11.5 Å². The Hall–Kier alpha value is -3.69. The number of fused-ring (bicyclic) bond motifs is 6. The molecular formula is C32H33NO8. The van der Waals surface area contributed by atoms with Crippen LogP contribution in [0.2, 0.25) is 0 Å². The van der Waals surface area contributed by atoms with Crippen LogP contribution in [0.3, 0.4) is 0 Å². The van der Waals surface area contributed by atoms with E-state index in [1.165, 1.54) is 11.8 Å². The van der Waals surface area contributed by atoms with Crippen molar-refractivity contribution >= 4 is 23.3 Å². The van der Waals surface area contributed by atoms with Gasteiger partial charge in [-0.3, -0.25) is 9.59 Å². The minimum absolute atomic E-state index is 0.0592. The van der Waals surface area contributed by atoms with E-state index in [2.05, 4.69) is 0 Å². The third-order valence-electron chi connectivity index (χ3n) is 10.4. The van der Waals surface area contributed by atoms with Crippen LogP contribution >= 0.6 is 0 Å². The quantitative estimate of drug-likeness (QED) is 0.567. The predicted molar refractivity (Wildman–Crippen MR) is 147 cm³/mol. The van der Waals surface area contributed by atoms with Gasteiger partial charge in [-0.2, -0.15) is 0 Å². The molecule has 1 amide bonds. The Morgan fingerprint density at radius 2 is 1.80 bits per heavy atom. The topological polar surface area (TPSA) is 123 Å². The highest BCUT2D eigenvalue weighted by molar-refractivity contribution is 6.09. The third-order valence-corrected chi connectivity index (χ3v) is 10.4. The Bertz CT molecular complexity index is 1660. The molecule has 2 aromatic carbocycles. The van der Waals surface area contributed by atoms with Gasteiger partial charge in [0.15, 0.2) is 11.4 Å². The molecule has 214 valence electrons. The number of Topliss-reactive ketones (excluding diaryl/α,β-unsaturated/α-hetero) is 2. The molecule has 5 aliphatic rings. The number of ketones is 2. The lowest BCUT2D eigenvalue weighted by atomic mass is 9.52. The number of phenolic OH excluding ortho intramolecular Hbond substituents is 1. The monoisotopic (exact) mass is 559 g/mol. The van der Waals surface area contributed by atoms with Crippen molar-refractivity contribution in [3.63, 3.8) is 0 Å². The molecule has 41 heavy (non-hydrogen) atoms. The SMILES string of the molecule is CC(=O)Cc1c(C)c(O)c(C)c2c1C[C@@H]1C3=C(CO[C@]1(C)O2)C(=O)[C@]1(C)Cc2ccccc2N2C(=O)O[C@@]3(C)[C@@]21O. The average Bonchev–Trinajstić information content (AvgIpc) is 3.14. The van der Waals surface area contributed by atoms with Crippen molar-refractivity contribution in [1.29, 1.82) is 0 Å². The number of amides is 1. The second-order valence-corrected chi connectivity index (χ2v) is 12.7. The molecular weight excluding hydrogens is 526 g/mol. The summed E-state index contributed by atoms with van der Waals surface area (Å²) in [7, 11) is 0. The maximum absolute atomic E-state index is 14.5. The van der Waals surface area contributed by atoms with Gasteiger partial charge < -0.3 is 24.4 Å². The van der Waals surface area contributed by atoms with Gasteiger partial charge in [-0.05, 0) is 81.4 Å². The van der Waals surface area contributed by atoms with E-state index in [-0.39, 0.29) is 36.8 Å². The van der Waals surface area contributed by atoms with Crippen LogP contribution in [0.1, 0.15) is 55.5 Å². The van der Waals surface area contributed by atoms with Crippen molar-refractivity contribution in [2.45, 2.75) is 77.9 Å². The van der Waals surface area contributed by atoms with Crippen LogP contribution < -0.4 is 9.64 Å².